The quantitative estimate of drug-likeness (QED) is 0.285. The van der Waals surface area contributed by atoms with Crippen LogP contribution in [-0.4, -0.2) is 24.5 Å². The Morgan fingerprint density at radius 1 is 1.69 bits per heavy atom. The molecule has 0 radical (unpaired) electrons. The van der Waals surface area contributed by atoms with Crippen LogP contribution in [0.25, 0.3) is 0 Å². The van der Waals surface area contributed by atoms with Crippen molar-refractivity contribution in [1.29, 1.82) is 0 Å². The minimum Gasteiger partial charge on any atom is -0.461 e. The highest BCUT2D eigenvalue weighted by molar-refractivity contribution is 5.86. The Hall–Kier alpha value is -1.59. The molecule has 0 saturated carbocycles. The van der Waals surface area contributed by atoms with Crippen molar-refractivity contribution in [2.75, 3.05) is 13.7 Å². The third-order valence-corrected chi connectivity index (χ3v) is 1.79. The number of methoxy groups -OCH3 is 1. The Kier molecular flexibility index (Phi) is 2.84. The first-order valence-corrected chi connectivity index (χ1v) is 3.86. The van der Waals surface area contributed by atoms with E-state index in [9.17, 15) is 14.9 Å². The third-order valence-electron chi connectivity index (χ3n) is 1.79. The summed E-state index contributed by atoms with van der Waals surface area (Å²) in [6.07, 6.45) is 1.34. The second-order valence-electron chi connectivity index (χ2n) is 2.61. The number of esters is 1. The fourth-order valence-corrected chi connectivity index (χ4v) is 1.20. The van der Waals surface area contributed by atoms with E-state index in [1.807, 2.05) is 0 Å². The zero-order valence-electron chi connectivity index (χ0n) is 7.20. The first kappa shape index (κ1) is 9.50. The molecule has 72 valence electrons. The van der Waals surface area contributed by atoms with Crippen molar-refractivity contribution in [3.05, 3.63) is 21.5 Å². The molecule has 0 atom stereocenters. The summed E-state index contributed by atoms with van der Waals surface area (Å²) >= 11 is 0. The maximum Gasteiger partial charge on any atom is 0.411 e. The van der Waals surface area contributed by atoms with Crippen molar-refractivity contribution < 1.29 is 14.5 Å². The maximum absolute atomic E-state index is 11.0. The third kappa shape index (κ3) is 1.95. The molecule has 1 heterocycles. The molecule has 1 fully saturated rings. The lowest BCUT2D eigenvalue weighted by Crippen LogP contribution is -2.19. The molecule has 1 aliphatic rings. The van der Waals surface area contributed by atoms with E-state index in [1.54, 1.807) is 0 Å². The number of allylic oxidation sites excluding steroid dienone is 1. The van der Waals surface area contributed by atoms with Gasteiger partial charge in [0.05, 0.1) is 17.7 Å². The highest BCUT2D eigenvalue weighted by Crippen LogP contribution is 2.15. The number of hydrogen-bond donors (Lipinski definition) is 1. The summed E-state index contributed by atoms with van der Waals surface area (Å²) in [5.41, 5.74) is -0.100. The van der Waals surface area contributed by atoms with Crippen molar-refractivity contribution in [2.24, 2.45) is 0 Å². The maximum atomic E-state index is 11.0. The van der Waals surface area contributed by atoms with Gasteiger partial charge in [-0.15, -0.1) is 0 Å². The summed E-state index contributed by atoms with van der Waals surface area (Å²) in [5.74, 6) is -0.894. The highest BCUT2D eigenvalue weighted by Gasteiger charge is 2.29. The topological polar surface area (TPSA) is 81.5 Å². The summed E-state index contributed by atoms with van der Waals surface area (Å²) in [6, 6.07) is 0. The summed E-state index contributed by atoms with van der Waals surface area (Å²) < 4.78 is 4.31. The van der Waals surface area contributed by atoms with Gasteiger partial charge in [0.2, 0.25) is 0 Å². The van der Waals surface area contributed by atoms with E-state index >= 15 is 0 Å². The number of nitrogens with zero attached hydrogens (tertiary/aromatic N) is 1. The Morgan fingerprint density at radius 3 is 2.77 bits per heavy atom. The van der Waals surface area contributed by atoms with E-state index < -0.39 is 16.6 Å². The van der Waals surface area contributed by atoms with E-state index in [0.29, 0.717) is 18.7 Å². The average Bonchev–Trinajstić information content (AvgIpc) is 2.56. The second-order valence-corrected chi connectivity index (χ2v) is 2.61. The standard InChI is InChI=1S/C7H10N2O4/c1-13-7(10)6(9(11)12)5-3-2-4-8-5/h8H,2-4H2,1H3. The summed E-state index contributed by atoms with van der Waals surface area (Å²) in [5, 5.41) is 13.3. The zero-order valence-corrected chi connectivity index (χ0v) is 7.20. The van der Waals surface area contributed by atoms with Crippen LogP contribution in [0.4, 0.5) is 0 Å². The smallest absolute Gasteiger partial charge is 0.411 e. The molecule has 0 aliphatic carbocycles. The fourth-order valence-electron chi connectivity index (χ4n) is 1.20. The lowest BCUT2D eigenvalue weighted by molar-refractivity contribution is -0.422. The first-order chi connectivity index (χ1) is 6.16. The Bertz CT molecular complexity index is 264. The molecule has 13 heavy (non-hydrogen) atoms. The van der Waals surface area contributed by atoms with Crippen LogP contribution in [0.15, 0.2) is 11.4 Å². The minimum atomic E-state index is -0.894. The second kappa shape index (κ2) is 3.88. The van der Waals surface area contributed by atoms with Crippen LogP contribution >= 0.6 is 0 Å². The summed E-state index contributed by atoms with van der Waals surface area (Å²) in [6.45, 7) is 0.670. The van der Waals surface area contributed by atoms with E-state index in [1.165, 1.54) is 0 Å². The molecule has 1 rings (SSSR count). The van der Waals surface area contributed by atoms with Crippen molar-refractivity contribution in [1.82, 2.24) is 5.32 Å². The van der Waals surface area contributed by atoms with Crippen LogP contribution in [0.5, 0.6) is 0 Å². The lowest BCUT2D eigenvalue weighted by Gasteiger charge is -2.00. The van der Waals surface area contributed by atoms with Gasteiger partial charge in [-0.05, 0) is 12.8 Å². The lowest BCUT2D eigenvalue weighted by atomic mass is 10.2. The van der Waals surface area contributed by atoms with Crippen molar-refractivity contribution in [3.63, 3.8) is 0 Å². The van der Waals surface area contributed by atoms with Crippen molar-refractivity contribution in [3.8, 4) is 0 Å². The predicted molar refractivity (Wildman–Crippen MR) is 43.3 cm³/mol. The molecule has 0 amide bonds. The van der Waals surface area contributed by atoms with Gasteiger partial charge in [-0.2, -0.15) is 0 Å². The number of carbonyl (C=O) groups is 1. The van der Waals surface area contributed by atoms with Gasteiger partial charge in [-0.3, -0.25) is 10.1 Å². The average molecular weight is 186 g/mol. The summed E-state index contributed by atoms with van der Waals surface area (Å²) in [4.78, 5) is 20.8. The first-order valence-electron chi connectivity index (χ1n) is 3.86. The van der Waals surface area contributed by atoms with Crippen molar-refractivity contribution in [2.45, 2.75) is 12.8 Å². The van der Waals surface area contributed by atoms with Gasteiger partial charge in [0.15, 0.2) is 0 Å². The molecule has 0 aromatic carbocycles. The number of nitro groups is 1. The number of rotatable bonds is 2. The molecule has 0 unspecified atom stereocenters. The Labute approximate surface area is 74.7 Å². The van der Waals surface area contributed by atoms with Gasteiger partial charge >= 0.3 is 11.7 Å². The minimum absolute atomic E-state index is 0.372. The van der Waals surface area contributed by atoms with E-state index in [0.717, 1.165) is 13.5 Å². The molecular formula is C7H10N2O4. The van der Waals surface area contributed by atoms with Gasteiger partial charge in [0.25, 0.3) is 0 Å². The van der Waals surface area contributed by atoms with Gasteiger partial charge in [-0.25, -0.2) is 4.79 Å². The van der Waals surface area contributed by atoms with Gasteiger partial charge in [-0.1, -0.05) is 0 Å². The molecule has 1 saturated heterocycles. The van der Waals surface area contributed by atoms with Gasteiger partial charge < -0.3 is 10.1 Å². The van der Waals surface area contributed by atoms with E-state index in [2.05, 4.69) is 10.1 Å². The van der Waals surface area contributed by atoms with Crippen LogP contribution in [0.2, 0.25) is 0 Å². The Balaban J connectivity index is 2.96. The fraction of sp³-hybridized carbons (Fsp3) is 0.571. The highest BCUT2D eigenvalue weighted by atomic mass is 16.6. The molecule has 0 bridgehead atoms. The summed E-state index contributed by atoms with van der Waals surface area (Å²) in [7, 11) is 1.13. The molecule has 1 N–H and O–H groups in total. The number of nitrogens with one attached hydrogen (secondary N) is 1. The van der Waals surface area contributed by atoms with Crippen LogP contribution in [0, 0.1) is 10.1 Å². The molecule has 1 aliphatic heterocycles. The van der Waals surface area contributed by atoms with Crippen molar-refractivity contribution >= 4 is 5.97 Å². The van der Waals surface area contributed by atoms with Crippen LogP contribution in [-0.2, 0) is 9.53 Å². The predicted octanol–water partition coefficient (Wildman–Crippen LogP) is 0.0311. The van der Waals surface area contributed by atoms with Crippen LogP contribution < -0.4 is 5.32 Å². The molecule has 0 aromatic heterocycles. The molecular weight excluding hydrogens is 176 g/mol. The largest absolute Gasteiger partial charge is 0.461 e. The molecule has 0 spiro atoms. The molecule has 6 nitrogen and oxygen atoms in total. The van der Waals surface area contributed by atoms with Crippen LogP contribution in [0.3, 0.4) is 0 Å². The number of hydrogen-bond acceptors (Lipinski definition) is 5. The number of ether oxygens (including phenoxy) is 1. The monoisotopic (exact) mass is 186 g/mol. The normalized spacial score (nSPS) is 19.2. The Morgan fingerprint density at radius 2 is 2.38 bits per heavy atom. The van der Waals surface area contributed by atoms with E-state index in [-0.39, 0.29) is 0 Å². The van der Waals surface area contributed by atoms with Gasteiger partial charge in [0, 0.05) is 6.54 Å². The molecule has 0 aromatic rings. The number of carbonyl (C=O) groups excluding carboxylic acids is 1. The van der Waals surface area contributed by atoms with E-state index in [4.69, 9.17) is 0 Å². The van der Waals surface area contributed by atoms with Crippen LogP contribution in [0.1, 0.15) is 12.8 Å². The molecule has 6 heteroatoms. The van der Waals surface area contributed by atoms with Gasteiger partial charge in [0.1, 0.15) is 0 Å². The SMILES string of the molecule is COC(=O)C(=C1CCCN1)[N+](=O)[O-]. The zero-order chi connectivity index (χ0) is 9.84.